The van der Waals surface area contributed by atoms with Crippen molar-refractivity contribution in [2.24, 2.45) is 10.2 Å². The van der Waals surface area contributed by atoms with Crippen LogP contribution in [0.1, 0.15) is 78.1 Å². The van der Waals surface area contributed by atoms with Gasteiger partial charge < -0.3 is 0 Å². The van der Waals surface area contributed by atoms with Crippen molar-refractivity contribution in [2.75, 3.05) is 0 Å². The van der Waals surface area contributed by atoms with Gasteiger partial charge in [0, 0.05) is 0 Å². The van der Waals surface area contributed by atoms with E-state index >= 15 is 0 Å². The number of rotatable bonds is 2. The molecule has 0 bridgehead atoms. The molecule has 0 atom stereocenters. The highest BCUT2D eigenvalue weighted by molar-refractivity contribution is 4.89. The third-order valence-corrected chi connectivity index (χ3v) is 4.39. The summed E-state index contributed by atoms with van der Waals surface area (Å²) in [4.78, 5) is 0. The van der Waals surface area contributed by atoms with Crippen LogP contribution in [0.4, 0.5) is 0 Å². The Balaban J connectivity index is 1.95. The van der Waals surface area contributed by atoms with Crippen molar-refractivity contribution < 1.29 is 0 Å². The Morgan fingerprint density at radius 3 is 1.19 bits per heavy atom. The first kappa shape index (κ1) is 12.1. The maximum atomic E-state index is 4.74. The smallest absolute Gasteiger partial charge is 0.0788 e. The van der Waals surface area contributed by atoms with Crippen molar-refractivity contribution in [1.82, 2.24) is 0 Å². The van der Waals surface area contributed by atoms with Crippen molar-refractivity contribution >= 4 is 0 Å². The number of hydrogen-bond donors (Lipinski definition) is 0. The molecule has 0 unspecified atom stereocenters. The fourth-order valence-electron chi connectivity index (χ4n) is 3.07. The Bertz CT molecular complexity index is 219. The predicted molar refractivity (Wildman–Crippen MR) is 67.8 cm³/mol. The monoisotopic (exact) mass is 222 g/mol. The molecule has 0 aromatic rings. The van der Waals surface area contributed by atoms with Crippen LogP contribution in [0, 0.1) is 0 Å². The first-order valence-corrected chi connectivity index (χ1v) is 7.06. The average Bonchev–Trinajstić information content (AvgIpc) is 2.29. The maximum absolute atomic E-state index is 4.74. The summed E-state index contributed by atoms with van der Waals surface area (Å²) in [6.45, 7) is 4.59. The second-order valence-electron chi connectivity index (χ2n) is 6.32. The third kappa shape index (κ3) is 3.05. The normalized spacial score (nSPS) is 29.4. The van der Waals surface area contributed by atoms with Crippen molar-refractivity contribution in [3.8, 4) is 0 Å². The van der Waals surface area contributed by atoms with Gasteiger partial charge in [0.25, 0.3) is 0 Å². The summed E-state index contributed by atoms with van der Waals surface area (Å²) >= 11 is 0. The molecule has 2 nitrogen and oxygen atoms in total. The van der Waals surface area contributed by atoms with Crippen molar-refractivity contribution in [3.63, 3.8) is 0 Å². The fourth-order valence-corrected chi connectivity index (χ4v) is 3.07. The minimum absolute atomic E-state index is 0.165. The van der Waals surface area contributed by atoms with E-state index in [1.807, 2.05) is 0 Å². The van der Waals surface area contributed by atoms with Gasteiger partial charge in [-0.2, -0.15) is 10.2 Å². The summed E-state index contributed by atoms with van der Waals surface area (Å²) in [5.41, 5.74) is 0.331. The summed E-state index contributed by atoms with van der Waals surface area (Å²) in [6.07, 6.45) is 13.1. The first-order valence-electron chi connectivity index (χ1n) is 7.06. The first-order chi connectivity index (χ1) is 7.62. The van der Waals surface area contributed by atoms with Crippen molar-refractivity contribution in [1.29, 1.82) is 0 Å². The molecule has 0 aliphatic heterocycles. The molecule has 0 amide bonds. The fraction of sp³-hybridized carbons (Fsp3) is 1.00. The summed E-state index contributed by atoms with van der Waals surface area (Å²) in [7, 11) is 0. The molecule has 0 heterocycles. The zero-order valence-corrected chi connectivity index (χ0v) is 11.0. The van der Waals surface area contributed by atoms with Gasteiger partial charge in [0.2, 0.25) is 0 Å². The van der Waals surface area contributed by atoms with E-state index in [2.05, 4.69) is 13.8 Å². The van der Waals surface area contributed by atoms with Crippen LogP contribution in [0.2, 0.25) is 0 Å². The molecule has 2 fully saturated rings. The Hall–Kier alpha value is -0.400. The summed E-state index contributed by atoms with van der Waals surface area (Å²) < 4.78 is 0. The molecule has 2 rings (SSSR count). The van der Waals surface area contributed by atoms with E-state index < -0.39 is 0 Å². The lowest BCUT2D eigenvalue weighted by atomic mass is 9.83. The molecule has 2 heteroatoms. The van der Waals surface area contributed by atoms with Gasteiger partial charge >= 0.3 is 0 Å². The van der Waals surface area contributed by atoms with Crippen LogP contribution in [-0.4, -0.2) is 11.1 Å². The molecule has 0 aromatic carbocycles. The molecule has 0 spiro atoms. The molecule has 0 radical (unpaired) electrons. The highest BCUT2D eigenvalue weighted by atomic mass is 15.2. The number of hydrogen-bond acceptors (Lipinski definition) is 2. The van der Waals surface area contributed by atoms with E-state index in [9.17, 15) is 0 Å². The van der Waals surface area contributed by atoms with Crippen LogP contribution in [0.15, 0.2) is 10.2 Å². The average molecular weight is 222 g/mol. The minimum atomic E-state index is 0.165. The summed E-state index contributed by atoms with van der Waals surface area (Å²) in [5.74, 6) is 0. The largest absolute Gasteiger partial charge is 0.187 e. The highest BCUT2D eigenvalue weighted by Crippen LogP contribution is 2.35. The Morgan fingerprint density at radius 2 is 0.875 bits per heavy atom. The van der Waals surface area contributed by atoms with Gasteiger partial charge in [-0.05, 0) is 39.5 Å². The summed E-state index contributed by atoms with van der Waals surface area (Å²) in [5, 5.41) is 9.47. The quantitative estimate of drug-likeness (QED) is 0.595. The van der Waals surface area contributed by atoms with E-state index in [0.717, 1.165) is 0 Å². The van der Waals surface area contributed by atoms with E-state index in [1.54, 1.807) is 0 Å². The van der Waals surface area contributed by atoms with Gasteiger partial charge in [0.15, 0.2) is 0 Å². The topological polar surface area (TPSA) is 24.7 Å². The van der Waals surface area contributed by atoms with E-state index in [-0.39, 0.29) is 11.1 Å². The van der Waals surface area contributed by atoms with Crippen molar-refractivity contribution in [2.45, 2.75) is 89.1 Å². The van der Waals surface area contributed by atoms with Gasteiger partial charge in [-0.1, -0.05) is 38.5 Å². The van der Waals surface area contributed by atoms with Gasteiger partial charge in [-0.25, -0.2) is 0 Å². The lowest BCUT2D eigenvalue weighted by Gasteiger charge is -2.32. The predicted octanol–water partition coefficient (Wildman–Crippen LogP) is 4.88. The van der Waals surface area contributed by atoms with Gasteiger partial charge in [0.1, 0.15) is 0 Å². The van der Waals surface area contributed by atoms with Crippen LogP contribution in [-0.2, 0) is 0 Å². The van der Waals surface area contributed by atoms with E-state index in [0.29, 0.717) is 0 Å². The molecule has 0 saturated heterocycles. The Labute approximate surface area is 99.9 Å². The zero-order valence-electron chi connectivity index (χ0n) is 11.0. The molecule has 2 saturated carbocycles. The lowest BCUT2D eigenvalue weighted by Crippen LogP contribution is -2.29. The molecule has 16 heavy (non-hydrogen) atoms. The molecule has 92 valence electrons. The molecule has 2 aliphatic carbocycles. The standard InChI is InChI=1S/C14H26N2/c1-13(9-5-3-6-10-13)15-16-14(2)11-7-4-8-12-14/h3-12H2,1-2H3. The highest BCUT2D eigenvalue weighted by Gasteiger charge is 2.30. The molecular weight excluding hydrogens is 196 g/mol. The van der Waals surface area contributed by atoms with Crippen LogP contribution in [0.5, 0.6) is 0 Å². The molecule has 0 N–H and O–H groups in total. The van der Waals surface area contributed by atoms with Gasteiger partial charge in [-0.15, -0.1) is 0 Å². The SMILES string of the molecule is CC1(N=NC2(C)CCCCC2)CCCCC1. The second-order valence-corrected chi connectivity index (χ2v) is 6.32. The number of azo groups is 1. The number of nitrogens with zero attached hydrogens (tertiary/aromatic N) is 2. The Kier molecular flexibility index (Phi) is 3.66. The van der Waals surface area contributed by atoms with Crippen molar-refractivity contribution in [3.05, 3.63) is 0 Å². The van der Waals surface area contributed by atoms with E-state index in [4.69, 9.17) is 10.2 Å². The minimum Gasteiger partial charge on any atom is -0.187 e. The van der Waals surface area contributed by atoms with Crippen LogP contribution < -0.4 is 0 Å². The van der Waals surface area contributed by atoms with Crippen LogP contribution in [0.3, 0.4) is 0 Å². The molecule has 0 aromatic heterocycles. The van der Waals surface area contributed by atoms with Gasteiger partial charge in [0.05, 0.1) is 11.1 Å². The third-order valence-electron chi connectivity index (χ3n) is 4.39. The van der Waals surface area contributed by atoms with Gasteiger partial charge in [-0.3, -0.25) is 0 Å². The maximum Gasteiger partial charge on any atom is 0.0788 e. The molecular formula is C14H26N2. The second kappa shape index (κ2) is 4.85. The van der Waals surface area contributed by atoms with E-state index in [1.165, 1.54) is 64.2 Å². The lowest BCUT2D eigenvalue weighted by molar-refractivity contribution is 0.264. The molecule has 2 aliphatic rings. The zero-order chi connectivity index (χ0) is 11.5. The van der Waals surface area contributed by atoms with Crippen LogP contribution >= 0.6 is 0 Å². The van der Waals surface area contributed by atoms with Crippen LogP contribution in [0.25, 0.3) is 0 Å². The Morgan fingerprint density at radius 1 is 0.562 bits per heavy atom. The summed E-state index contributed by atoms with van der Waals surface area (Å²) in [6, 6.07) is 0.